The van der Waals surface area contributed by atoms with Gasteiger partial charge < -0.3 is 0 Å². The summed E-state index contributed by atoms with van der Waals surface area (Å²) in [4.78, 5) is 1.21. The van der Waals surface area contributed by atoms with Crippen molar-refractivity contribution in [1.29, 1.82) is 5.26 Å². The third kappa shape index (κ3) is 4.39. The maximum absolute atomic E-state index is 9.65. The predicted molar refractivity (Wildman–Crippen MR) is 90.7 cm³/mol. The van der Waals surface area contributed by atoms with Crippen molar-refractivity contribution in [1.82, 2.24) is 5.32 Å². The van der Waals surface area contributed by atoms with Gasteiger partial charge in [0.2, 0.25) is 0 Å². The second kappa shape index (κ2) is 7.54. The highest BCUT2D eigenvalue weighted by molar-refractivity contribution is 7.99. The molecule has 1 aromatic rings. The molecule has 114 valence electrons. The molecule has 1 aliphatic carbocycles. The van der Waals surface area contributed by atoms with Crippen LogP contribution in [0.3, 0.4) is 0 Å². The Morgan fingerprint density at radius 3 is 3.00 bits per heavy atom. The molecule has 1 fully saturated rings. The molecular weight excluding hydrogens is 300 g/mol. The number of nitriles is 1. The van der Waals surface area contributed by atoms with Gasteiger partial charge in [0, 0.05) is 16.0 Å². The fraction of sp³-hybridized carbons (Fsp3) is 0.588. The highest BCUT2D eigenvalue weighted by Crippen LogP contribution is 2.39. The molecule has 1 aromatic carbocycles. The molecule has 4 heteroatoms. The fourth-order valence-corrected chi connectivity index (χ4v) is 4.51. The van der Waals surface area contributed by atoms with E-state index < -0.39 is 0 Å². The van der Waals surface area contributed by atoms with Crippen LogP contribution in [-0.2, 0) is 0 Å². The minimum atomic E-state index is -0.316. The van der Waals surface area contributed by atoms with Gasteiger partial charge in [-0.15, -0.1) is 11.8 Å². The van der Waals surface area contributed by atoms with Crippen LogP contribution in [0.1, 0.15) is 39.5 Å². The molecule has 0 bridgehead atoms. The lowest BCUT2D eigenvalue weighted by atomic mass is 9.86. The van der Waals surface area contributed by atoms with Crippen LogP contribution in [0.15, 0.2) is 29.2 Å². The van der Waals surface area contributed by atoms with E-state index in [0.29, 0.717) is 12.0 Å². The summed E-state index contributed by atoms with van der Waals surface area (Å²) in [5, 5.41) is 14.0. The van der Waals surface area contributed by atoms with Gasteiger partial charge in [0.25, 0.3) is 0 Å². The van der Waals surface area contributed by atoms with Crippen LogP contribution in [0.25, 0.3) is 0 Å². The Morgan fingerprint density at radius 1 is 1.52 bits per heavy atom. The molecule has 21 heavy (non-hydrogen) atoms. The second-order valence-electron chi connectivity index (χ2n) is 6.07. The van der Waals surface area contributed by atoms with E-state index >= 15 is 0 Å². The van der Waals surface area contributed by atoms with Crippen molar-refractivity contribution in [3.8, 4) is 6.07 Å². The molecule has 0 heterocycles. The number of rotatable bonds is 6. The van der Waals surface area contributed by atoms with E-state index in [-0.39, 0.29) is 5.54 Å². The maximum atomic E-state index is 9.65. The lowest BCUT2D eigenvalue weighted by molar-refractivity contribution is 0.289. The standard InChI is InChI=1S/C17H23ClN2S/c1-13(2)20-17(12-19)9-4-5-14(17)8-10-21-16-7-3-6-15(18)11-16/h3,6-7,11,13-14,20H,4-5,8-10H2,1-2H3. The van der Waals surface area contributed by atoms with Gasteiger partial charge in [-0.3, -0.25) is 5.32 Å². The Hall–Kier alpha value is -0.690. The smallest absolute Gasteiger partial charge is 0.109 e. The first-order valence-electron chi connectivity index (χ1n) is 7.63. The number of nitrogens with zero attached hydrogens (tertiary/aromatic N) is 1. The molecule has 2 nitrogen and oxygen atoms in total. The molecule has 2 unspecified atom stereocenters. The molecule has 1 aliphatic rings. The Morgan fingerprint density at radius 2 is 2.33 bits per heavy atom. The molecule has 2 atom stereocenters. The van der Waals surface area contributed by atoms with Crippen molar-refractivity contribution in [2.45, 2.75) is 56.0 Å². The van der Waals surface area contributed by atoms with Gasteiger partial charge in [-0.1, -0.05) is 24.1 Å². The minimum absolute atomic E-state index is 0.316. The third-order valence-corrected chi connectivity index (χ3v) is 5.36. The van der Waals surface area contributed by atoms with Crippen molar-refractivity contribution in [2.24, 2.45) is 5.92 Å². The first-order chi connectivity index (χ1) is 10.1. The molecule has 0 amide bonds. The molecule has 0 saturated heterocycles. The van der Waals surface area contributed by atoms with Gasteiger partial charge in [-0.05, 0) is 63.0 Å². The zero-order chi connectivity index (χ0) is 15.3. The number of nitrogens with one attached hydrogen (secondary N) is 1. The van der Waals surface area contributed by atoms with Gasteiger partial charge >= 0.3 is 0 Å². The van der Waals surface area contributed by atoms with Crippen molar-refractivity contribution < 1.29 is 0 Å². The monoisotopic (exact) mass is 322 g/mol. The van der Waals surface area contributed by atoms with Gasteiger partial charge in [-0.25, -0.2) is 0 Å². The third-order valence-electron chi connectivity index (χ3n) is 4.10. The van der Waals surface area contributed by atoms with E-state index in [9.17, 15) is 5.26 Å². The molecule has 0 aliphatic heterocycles. The minimum Gasteiger partial charge on any atom is -0.297 e. The number of hydrogen-bond acceptors (Lipinski definition) is 3. The van der Waals surface area contributed by atoms with Gasteiger partial charge in [0.05, 0.1) is 6.07 Å². The van der Waals surface area contributed by atoms with E-state index in [2.05, 4.69) is 31.3 Å². The normalized spacial score (nSPS) is 25.2. The topological polar surface area (TPSA) is 35.8 Å². The largest absolute Gasteiger partial charge is 0.297 e. The van der Waals surface area contributed by atoms with E-state index in [1.165, 1.54) is 4.90 Å². The highest BCUT2D eigenvalue weighted by atomic mass is 35.5. The van der Waals surface area contributed by atoms with Crippen LogP contribution < -0.4 is 5.32 Å². The Kier molecular flexibility index (Phi) is 5.98. The number of halogens is 1. The average molecular weight is 323 g/mol. The van der Waals surface area contributed by atoms with E-state index in [1.54, 1.807) is 0 Å². The Bertz CT molecular complexity index is 512. The van der Waals surface area contributed by atoms with E-state index in [0.717, 1.165) is 36.5 Å². The van der Waals surface area contributed by atoms with Crippen LogP contribution in [-0.4, -0.2) is 17.3 Å². The van der Waals surface area contributed by atoms with E-state index in [1.807, 2.05) is 30.0 Å². The Labute approximate surface area is 137 Å². The number of benzene rings is 1. The zero-order valence-corrected chi connectivity index (χ0v) is 14.3. The summed E-state index contributed by atoms with van der Waals surface area (Å²) in [6, 6.07) is 10.9. The lowest BCUT2D eigenvalue weighted by Crippen LogP contribution is -2.50. The number of thioether (sulfide) groups is 1. The first kappa shape index (κ1) is 16.7. The van der Waals surface area contributed by atoms with Crippen LogP contribution in [0.4, 0.5) is 0 Å². The summed E-state index contributed by atoms with van der Waals surface area (Å²) in [6.07, 6.45) is 4.36. The fourth-order valence-electron chi connectivity index (χ4n) is 3.23. The highest BCUT2D eigenvalue weighted by Gasteiger charge is 2.42. The molecular formula is C17H23ClN2S. The molecule has 2 rings (SSSR count). The second-order valence-corrected chi connectivity index (χ2v) is 7.67. The van der Waals surface area contributed by atoms with Gasteiger partial charge in [-0.2, -0.15) is 5.26 Å². The first-order valence-corrected chi connectivity index (χ1v) is 8.99. The molecule has 1 saturated carbocycles. The summed E-state index contributed by atoms with van der Waals surface area (Å²) >= 11 is 7.84. The summed E-state index contributed by atoms with van der Waals surface area (Å²) in [5.41, 5.74) is -0.316. The van der Waals surface area contributed by atoms with Crippen LogP contribution >= 0.6 is 23.4 Å². The zero-order valence-electron chi connectivity index (χ0n) is 12.7. The summed E-state index contributed by atoms with van der Waals surface area (Å²) in [5.74, 6) is 1.49. The van der Waals surface area contributed by atoms with Gasteiger partial charge in [0.1, 0.15) is 5.54 Å². The molecule has 0 aromatic heterocycles. The molecule has 1 N–H and O–H groups in total. The van der Waals surface area contributed by atoms with Crippen LogP contribution in [0.5, 0.6) is 0 Å². The lowest BCUT2D eigenvalue weighted by Gasteiger charge is -2.32. The van der Waals surface area contributed by atoms with Crippen molar-refractivity contribution in [3.63, 3.8) is 0 Å². The van der Waals surface area contributed by atoms with Crippen molar-refractivity contribution >= 4 is 23.4 Å². The summed E-state index contributed by atoms with van der Waals surface area (Å²) in [6.45, 7) is 4.24. The number of hydrogen-bond donors (Lipinski definition) is 1. The van der Waals surface area contributed by atoms with Crippen molar-refractivity contribution in [2.75, 3.05) is 5.75 Å². The van der Waals surface area contributed by atoms with Gasteiger partial charge in [0.15, 0.2) is 0 Å². The van der Waals surface area contributed by atoms with Crippen LogP contribution in [0, 0.1) is 17.2 Å². The molecule has 0 spiro atoms. The predicted octanol–water partition coefficient (Wildman–Crippen LogP) is 4.88. The average Bonchev–Trinajstić information content (AvgIpc) is 2.82. The SMILES string of the molecule is CC(C)NC1(C#N)CCCC1CCSc1cccc(Cl)c1. The summed E-state index contributed by atoms with van der Waals surface area (Å²) in [7, 11) is 0. The van der Waals surface area contributed by atoms with E-state index in [4.69, 9.17) is 11.6 Å². The Balaban J connectivity index is 1.91. The maximum Gasteiger partial charge on any atom is 0.109 e. The quantitative estimate of drug-likeness (QED) is 0.758. The summed E-state index contributed by atoms with van der Waals surface area (Å²) < 4.78 is 0. The van der Waals surface area contributed by atoms with Crippen molar-refractivity contribution in [3.05, 3.63) is 29.3 Å². The molecule has 0 radical (unpaired) electrons. The van der Waals surface area contributed by atoms with Crippen LogP contribution in [0.2, 0.25) is 5.02 Å².